The van der Waals surface area contributed by atoms with Gasteiger partial charge in [-0.05, 0) is 30.7 Å². The van der Waals surface area contributed by atoms with Crippen LogP contribution in [0.1, 0.15) is 24.2 Å². The first-order chi connectivity index (χ1) is 17.2. The predicted octanol–water partition coefficient (Wildman–Crippen LogP) is 5.17. The molecule has 1 aromatic heterocycles. The topological polar surface area (TPSA) is 104 Å². The average molecular weight is 527 g/mol. The molecule has 1 atom stereocenters. The van der Waals surface area contributed by atoms with Gasteiger partial charge in [-0.1, -0.05) is 48.6 Å². The van der Waals surface area contributed by atoms with Crippen molar-refractivity contribution in [3.8, 4) is 17.2 Å². The van der Waals surface area contributed by atoms with Crippen LogP contribution >= 0.6 is 11.3 Å². The van der Waals surface area contributed by atoms with Crippen molar-refractivity contribution in [2.45, 2.75) is 24.8 Å². The van der Waals surface area contributed by atoms with Gasteiger partial charge < -0.3 is 14.2 Å². The van der Waals surface area contributed by atoms with Gasteiger partial charge >= 0.3 is 0 Å². The highest BCUT2D eigenvalue weighted by Crippen LogP contribution is 2.36. The second-order valence-corrected chi connectivity index (χ2v) is 11.2. The van der Waals surface area contributed by atoms with Crippen LogP contribution in [0.2, 0.25) is 0 Å². The largest absolute Gasteiger partial charge is 0.493 e. The smallest absolute Gasteiger partial charge is 0.271 e. The van der Waals surface area contributed by atoms with Crippen molar-refractivity contribution in [2.24, 2.45) is 0 Å². The number of ether oxygens (including phenoxy) is 3. The maximum atomic E-state index is 13.5. The third kappa shape index (κ3) is 5.29. The van der Waals surface area contributed by atoms with Gasteiger partial charge in [-0.3, -0.25) is 10.1 Å². The summed E-state index contributed by atoms with van der Waals surface area (Å²) in [5, 5.41) is 3.23. The van der Waals surface area contributed by atoms with E-state index in [0.717, 1.165) is 10.3 Å². The molecule has 4 rings (SSSR count). The fourth-order valence-electron chi connectivity index (χ4n) is 3.58. The Labute approximate surface area is 213 Å². The molecule has 188 valence electrons. The first-order valence-corrected chi connectivity index (χ1v) is 13.6. The zero-order chi connectivity index (χ0) is 25.9. The van der Waals surface area contributed by atoms with Gasteiger partial charge in [0.25, 0.3) is 5.91 Å². The molecular formula is C26H26N2O6S2. The van der Waals surface area contributed by atoms with Crippen molar-refractivity contribution in [3.63, 3.8) is 0 Å². The van der Waals surface area contributed by atoms with E-state index in [4.69, 9.17) is 14.2 Å². The fraction of sp³-hybridized carbons (Fsp3) is 0.231. The third-order valence-corrected chi connectivity index (χ3v) is 8.31. The van der Waals surface area contributed by atoms with Crippen molar-refractivity contribution < 1.29 is 27.4 Å². The van der Waals surface area contributed by atoms with Gasteiger partial charge in [-0.15, -0.1) is 0 Å². The highest BCUT2D eigenvalue weighted by molar-refractivity contribution is 7.91. The molecule has 1 N–H and O–H groups in total. The van der Waals surface area contributed by atoms with Crippen molar-refractivity contribution in [3.05, 3.63) is 71.8 Å². The van der Waals surface area contributed by atoms with E-state index in [9.17, 15) is 13.2 Å². The van der Waals surface area contributed by atoms with Crippen LogP contribution in [0.15, 0.2) is 65.6 Å². The monoisotopic (exact) mass is 526 g/mol. The standard InChI is InChI=1S/C26H26N2O6S2/c1-5-36(30,31)18-12-10-17(11-13-18)24(34-20-9-7-6-8-16(20)2)25(29)28-26-27-19-14-21(32-3)22(33-4)15-23(19)35-26/h6-15,24H,5H2,1-4H3,(H,27,28,29). The number of fused-ring (bicyclic) bond motifs is 1. The third-order valence-electron chi connectivity index (χ3n) is 5.62. The highest BCUT2D eigenvalue weighted by atomic mass is 32.2. The van der Waals surface area contributed by atoms with Gasteiger partial charge in [0, 0.05) is 17.7 Å². The zero-order valence-corrected chi connectivity index (χ0v) is 21.9. The maximum Gasteiger partial charge on any atom is 0.271 e. The number of carbonyl (C=O) groups is 1. The molecular weight excluding hydrogens is 500 g/mol. The molecule has 1 amide bonds. The molecule has 0 spiro atoms. The first-order valence-electron chi connectivity index (χ1n) is 11.1. The molecule has 8 nitrogen and oxygen atoms in total. The average Bonchev–Trinajstić information content (AvgIpc) is 3.28. The van der Waals surface area contributed by atoms with E-state index in [1.807, 2.05) is 25.1 Å². The van der Waals surface area contributed by atoms with Gasteiger partial charge in [-0.2, -0.15) is 0 Å². The van der Waals surface area contributed by atoms with E-state index < -0.39 is 21.8 Å². The maximum absolute atomic E-state index is 13.5. The summed E-state index contributed by atoms with van der Waals surface area (Å²) in [4.78, 5) is 18.2. The molecule has 0 saturated heterocycles. The normalized spacial score (nSPS) is 12.2. The minimum Gasteiger partial charge on any atom is -0.493 e. The number of sulfone groups is 1. The summed E-state index contributed by atoms with van der Waals surface area (Å²) in [6.45, 7) is 3.47. The minimum absolute atomic E-state index is 0.0108. The lowest BCUT2D eigenvalue weighted by atomic mass is 10.1. The Balaban J connectivity index is 1.67. The fourth-order valence-corrected chi connectivity index (χ4v) is 5.35. The molecule has 4 aromatic rings. The van der Waals surface area contributed by atoms with Crippen LogP contribution in [-0.4, -0.2) is 39.3 Å². The molecule has 0 aliphatic heterocycles. The van der Waals surface area contributed by atoms with Gasteiger partial charge in [0.1, 0.15) is 5.75 Å². The van der Waals surface area contributed by atoms with E-state index in [2.05, 4.69) is 10.3 Å². The summed E-state index contributed by atoms with van der Waals surface area (Å²) >= 11 is 1.29. The summed E-state index contributed by atoms with van der Waals surface area (Å²) in [6, 6.07) is 17.1. The lowest BCUT2D eigenvalue weighted by Crippen LogP contribution is -2.26. The number of aryl methyl sites for hydroxylation is 1. The Hall–Kier alpha value is -3.63. The second kappa shape index (κ2) is 10.5. The number of methoxy groups -OCH3 is 2. The number of benzene rings is 3. The number of carbonyl (C=O) groups excluding carboxylic acids is 1. The molecule has 0 saturated carbocycles. The van der Waals surface area contributed by atoms with Crippen LogP contribution < -0.4 is 19.5 Å². The quantitative estimate of drug-likeness (QED) is 0.321. The van der Waals surface area contributed by atoms with Crippen molar-refractivity contribution in [1.29, 1.82) is 0 Å². The number of rotatable bonds is 9. The van der Waals surface area contributed by atoms with E-state index in [-0.39, 0.29) is 10.6 Å². The molecule has 0 aliphatic carbocycles. The number of nitrogens with one attached hydrogen (secondary N) is 1. The van der Waals surface area contributed by atoms with Gasteiger partial charge in [0.05, 0.1) is 35.1 Å². The number of nitrogens with zero attached hydrogens (tertiary/aromatic N) is 1. The van der Waals surface area contributed by atoms with Crippen molar-refractivity contribution >= 4 is 42.4 Å². The number of aromatic nitrogens is 1. The van der Waals surface area contributed by atoms with Crippen LogP contribution in [0.3, 0.4) is 0 Å². The van der Waals surface area contributed by atoms with E-state index in [1.165, 1.54) is 23.5 Å². The summed E-state index contributed by atoms with van der Waals surface area (Å²) in [5.41, 5.74) is 2.02. The Morgan fingerprint density at radius 2 is 1.67 bits per heavy atom. The molecule has 10 heteroatoms. The Morgan fingerprint density at radius 3 is 2.31 bits per heavy atom. The Bertz CT molecular complexity index is 1460. The molecule has 1 heterocycles. The zero-order valence-electron chi connectivity index (χ0n) is 20.3. The number of hydrogen-bond acceptors (Lipinski definition) is 8. The van der Waals surface area contributed by atoms with E-state index in [1.54, 1.807) is 51.5 Å². The van der Waals surface area contributed by atoms with Crippen molar-refractivity contribution in [1.82, 2.24) is 4.98 Å². The lowest BCUT2D eigenvalue weighted by molar-refractivity contribution is -0.123. The predicted molar refractivity (Wildman–Crippen MR) is 140 cm³/mol. The van der Waals surface area contributed by atoms with Gasteiger partial charge in [0.2, 0.25) is 6.10 Å². The Kier molecular flexibility index (Phi) is 7.46. The number of para-hydroxylation sites is 1. The lowest BCUT2D eigenvalue weighted by Gasteiger charge is -2.20. The highest BCUT2D eigenvalue weighted by Gasteiger charge is 2.26. The molecule has 3 aromatic carbocycles. The number of hydrogen-bond donors (Lipinski definition) is 1. The van der Waals surface area contributed by atoms with Crippen LogP contribution in [-0.2, 0) is 14.6 Å². The van der Waals surface area contributed by atoms with Gasteiger partial charge in [0.15, 0.2) is 26.5 Å². The summed E-state index contributed by atoms with van der Waals surface area (Å²) in [7, 11) is -0.273. The Morgan fingerprint density at radius 1 is 1.00 bits per heavy atom. The van der Waals surface area contributed by atoms with Crippen LogP contribution in [0.4, 0.5) is 5.13 Å². The molecule has 1 unspecified atom stereocenters. The second-order valence-electron chi connectivity index (χ2n) is 7.92. The summed E-state index contributed by atoms with van der Waals surface area (Å²) in [6.07, 6.45) is -1.04. The number of amides is 1. The van der Waals surface area contributed by atoms with Crippen molar-refractivity contribution in [2.75, 3.05) is 25.3 Å². The van der Waals surface area contributed by atoms with E-state index >= 15 is 0 Å². The summed E-state index contributed by atoms with van der Waals surface area (Å²) < 4.78 is 42.1. The molecule has 0 aliphatic rings. The van der Waals surface area contributed by atoms with Crippen LogP contribution in [0.25, 0.3) is 10.2 Å². The van der Waals surface area contributed by atoms with E-state index in [0.29, 0.717) is 33.5 Å². The molecule has 0 fully saturated rings. The first kappa shape index (κ1) is 25.5. The molecule has 36 heavy (non-hydrogen) atoms. The van der Waals surface area contributed by atoms with Crippen LogP contribution in [0.5, 0.6) is 17.2 Å². The minimum atomic E-state index is -3.37. The van der Waals surface area contributed by atoms with Gasteiger partial charge in [-0.25, -0.2) is 13.4 Å². The van der Waals surface area contributed by atoms with Crippen LogP contribution in [0, 0.1) is 6.92 Å². The number of anilines is 1. The summed E-state index contributed by atoms with van der Waals surface area (Å²) in [5.74, 6) is 1.19. The molecule has 0 radical (unpaired) electrons. The number of thiazole rings is 1. The SMILES string of the molecule is CCS(=O)(=O)c1ccc(C(Oc2ccccc2C)C(=O)Nc2nc3cc(OC)c(OC)cc3s2)cc1. The molecule has 0 bridgehead atoms.